The van der Waals surface area contributed by atoms with Gasteiger partial charge in [0, 0.05) is 19.1 Å². The summed E-state index contributed by atoms with van der Waals surface area (Å²) in [6.45, 7) is 4.12. The number of nitrogens with one attached hydrogen (secondary N) is 1. The van der Waals surface area contributed by atoms with E-state index in [4.69, 9.17) is 0 Å². The molecule has 0 saturated heterocycles. The summed E-state index contributed by atoms with van der Waals surface area (Å²) < 4.78 is 0. The lowest BCUT2D eigenvalue weighted by atomic mass is 10.1. The van der Waals surface area contributed by atoms with Crippen molar-refractivity contribution in [2.24, 2.45) is 0 Å². The molecule has 0 saturated carbocycles. The lowest BCUT2D eigenvalue weighted by molar-refractivity contribution is 0.289. The van der Waals surface area contributed by atoms with Crippen LogP contribution < -0.4 is 5.32 Å². The van der Waals surface area contributed by atoms with E-state index >= 15 is 0 Å². The van der Waals surface area contributed by atoms with Crippen LogP contribution in [0.15, 0.2) is 54.6 Å². The van der Waals surface area contributed by atoms with Gasteiger partial charge in [0.25, 0.3) is 0 Å². The number of rotatable bonds is 6. The zero-order valence-electron chi connectivity index (χ0n) is 12.6. The van der Waals surface area contributed by atoms with Crippen molar-refractivity contribution in [2.45, 2.75) is 19.5 Å². The molecule has 0 amide bonds. The van der Waals surface area contributed by atoms with E-state index < -0.39 is 0 Å². The Labute approximate surface area is 122 Å². The second kappa shape index (κ2) is 7.22. The van der Waals surface area contributed by atoms with E-state index in [9.17, 15) is 0 Å². The molecule has 0 spiro atoms. The maximum atomic E-state index is 3.40. The van der Waals surface area contributed by atoms with Gasteiger partial charge in [-0.3, -0.25) is 0 Å². The second-order valence-corrected chi connectivity index (χ2v) is 5.44. The molecule has 1 unspecified atom stereocenters. The first kappa shape index (κ1) is 14.8. The molecule has 0 aliphatic carbocycles. The van der Waals surface area contributed by atoms with Crippen molar-refractivity contribution in [3.8, 4) is 0 Å². The number of benzene rings is 2. The summed E-state index contributed by atoms with van der Waals surface area (Å²) >= 11 is 0. The van der Waals surface area contributed by atoms with Gasteiger partial charge in [-0.15, -0.1) is 0 Å². The Morgan fingerprint density at radius 1 is 1.05 bits per heavy atom. The van der Waals surface area contributed by atoms with Gasteiger partial charge in [0.1, 0.15) is 0 Å². The molecule has 2 aromatic rings. The van der Waals surface area contributed by atoms with E-state index in [2.05, 4.69) is 78.8 Å². The van der Waals surface area contributed by atoms with E-state index in [-0.39, 0.29) is 0 Å². The fourth-order valence-corrected chi connectivity index (χ4v) is 2.55. The predicted octanol–water partition coefficient (Wildman–Crippen LogP) is 3.39. The van der Waals surface area contributed by atoms with Crippen LogP contribution in [0.4, 0.5) is 0 Å². The van der Waals surface area contributed by atoms with Gasteiger partial charge in [0.15, 0.2) is 0 Å². The molecule has 106 valence electrons. The third-order valence-electron chi connectivity index (χ3n) is 3.58. The average molecular weight is 268 g/mol. The van der Waals surface area contributed by atoms with Crippen LogP contribution in [-0.2, 0) is 6.54 Å². The van der Waals surface area contributed by atoms with Crippen molar-refractivity contribution in [3.63, 3.8) is 0 Å². The molecule has 2 aromatic carbocycles. The third-order valence-corrected chi connectivity index (χ3v) is 3.58. The van der Waals surface area contributed by atoms with Crippen molar-refractivity contribution >= 4 is 0 Å². The molecule has 1 atom stereocenters. The smallest absolute Gasteiger partial charge is 0.0446 e. The normalized spacial score (nSPS) is 12.6. The molecule has 0 aromatic heterocycles. The maximum absolute atomic E-state index is 3.40. The first-order valence-electron chi connectivity index (χ1n) is 7.15. The summed E-state index contributed by atoms with van der Waals surface area (Å²) in [6, 6.07) is 19.7. The minimum Gasteiger partial charge on any atom is -0.312 e. The van der Waals surface area contributed by atoms with Crippen molar-refractivity contribution < 1.29 is 0 Å². The molecule has 2 rings (SSSR count). The van der Waals surface area contributed by atoms with E-state index in [1.54, 1.807) is 0 Å². The van der Waals surface area contributed by atoms with Crippen LogP contribution in [0.1, 0.15) is 22.7 Å². The fraction of sp³-hybridized carbons (Fsp3) is 0.333. The van der Waals surface area contributed by atoms with Crippen LogP contribution in [0, 0.1) is 6.92 Å². The van der Waals surface area contributed by atoms with Crippen LogP contribution in [0.2, 0.25) is 0 Å². The van der Waals surface area contributed by atoms with Crippen LogP contribution in [0.5, 0.6) is 0 Å². The van der Waals surface area contributed by atoms with Gasteiger partial charge in [-0.1, -0.05) is 60.2 Å². The largest absolute Gasteiger partial charge is 0.312 e. The van der Waals surface area contributed by atoms with E-state index in [1.807, 2.05) is 7.05 Å². The Hall–Kier alpha value is -1.64. The van der Waals surface area contributed by atoms with Gasteiger partial charge in [0.05, 0.1) is 0 Å². The SMILES string of the molecule is CNC(CN(C)Cc1cccc(C)c1)c1ccccc1. The number of hydrogen-bond donors (Lipinski definition) is 1. The predicted molar refractivity (Wildman–Crippen MR) is 85.8 cm³/mol. The van der Waals surface area contributed by atoms with Crippen molar-refractivity contribution in [1.29, 1.82) is 0 Å². The molecular formula is C18H24N2. The van der Waals surface area contributed by atoms with Gasteiger partial charge < -0.3 is 10.2 Å². The molecule has 1 N–H and O–H groups in total. The van der Waals surface area contributed by atoms with Gasteiger partial charge in [-0.25, -0.2) is 0 Å². The van der Waals surface area contributed by atoms with Crippen molar-refractivity contribution in [2.75, 3.05) is 20.6 Å². The van der Waals surface area contributed by atoms with Gasteiger partial charge >= 0.3 is 0 Å². The standard InChI is InChI=1S/C18H24N2/c1-15-8-7-9-16(12-15)13-20(3)14-18(19-2)17-10-5-4-6-11-17/h4-12,18-19H,13-14H2,1-3H3. The van der Waals surface area contributed by atoms with Gasteiger partial charge in [-0.05, 0) is 32.1 Å². The van der Waals surface area contributed by atoms with Crippen molar-refractivity contribution in [1.82, 2.24) is 10.2 Å². The van der Waals surface area contributed by atoms with E-state index in [0.717, 1.165) is 13.1 Å². The summed E-state index contributed by atoms with van der Waals surface area (Å²) in [5, 5.41) is 3.40. The Morgan fingerprint density at radius 2 is 1.80 bits per heavy atom. The molecule has 0 heterocycles. The summed E-state index contributed by atoms with van der Waals surface area (Å²) in [5.41, 5.74) is 4.03. The van der Waals surface area contributed by atoms with E-state index in [1.165, 1.54) is 16.7 Å². The number of hydrogen-bond acceptors (Lipinski definition) is 2. The number of aryl methyl sites for hydroxylation is 1. The maximum Gasteiger partial charge on any atom is 0.0446 e. The molecular weight excluding hydrogens is 244 g/mol. The Kier molecular flexibility index (Phi) is 5.33. The van der Waals surface area contributed by atoms with Crippen LogP contribution in [-0.4, -0.2) is 25.5 Å². The minimum atomic E-state index is 0.367. The Bertz CT molecular complexity index is 522. The van der Waals surface area contributed by atoms with Crippen LogP contribution >= 0.6 is 0 Å². The summed E-state index contributed by atoms with van der Waals surface area (Å²) in [7, 11) is 4.20. The number of likely N-dealkylation sites (N-methyl/N-ethyl adjacent to an activating group) is 2. The highest BCUT2D eigenvalue weighted by atomic mass is 15.1. The molecule has 0 fully saturated rings. The molecule has 20 heavy (non-hydrogen) atoms. The lowest BCUT2D eigenvalue weighted by Crippen LogP contribution is -2.30. The Morgan fingerprint density at radius 3 is 2.45 bits per heavy atom. The highest BCUT2D eigenvalue weighted by molar-refractivity contribution is 5.22. The molecule has 0 bridgehead atoms. The summed E-state index contributed by atoms with van der Waals surface area (Å²) in [4.78, 5) is 2.36. The molecule has 0 aliphatic rings. The average Bonchev–Trinajstić information content (AvgIpc) is 2.45. The summed E-state index contributed by atoms with van der Waals surface area (Å²) in [6.07, 6.45) is 0. The first-order valence-corrected chi connectivity index (χ1v) is 7.15. The van der Waals surface area contributed by atoms with Crippen molar-refractivity contribution in [3.05, 3.63) is 71.3 Å². The molecule has 0 radical (unpaired) electrons. The highest BCUT2D eigenvalue weighted by Gasteiger charge is 2.11. The molecule has 2 nitrogen and oxygen atoms in total. The fourth-order valence-electron chi connectivity index (χ4n) is 2.55. The van der Waals surface area contributed by atoms with Crippen LogP contribution in [0.25, 0.3) is 0 Å². The topological polar surface area (TPSA) is 15.3 Å². The lowest BCUT2D eigenvalue weighted by Gasteiger charge is -2.24. The second-order valence-electron chi connectivity index (χ2n) is 5.44. The minimum absolute atomic E-state index is 0.367. The van der Waals surface area contributed by atoms with E-state index in [0.29, 0.717) is 6.04 Å². The highest BCUT2D eigenvalue weighted by Crippen LogP contribution is 2.14. The quantitative estimate of drug-likeness (QED) is 0.864. The monoisotopic (exact) mass is 268 g/mol. The van der Waals surface area contributed by atoms with Gasteiger partial charge in [0.2, 0.25) is 0 Å². The Balaban J connectivity index is 1.97. The van der Waals surface area contributed by atoms with Gasteiger partial charge in [-0.2, -0.15) is 0 Å². The molecule has 2 heteroatoms. The summed E-state index contributed by atoms with van der Waals surface area (Å²) in [5.74, 6) is 0. The third kappa shape index (κ3) is 4.19. The molecule has 0 aliphatic heterocycles. The zero-order valence-corrected chi connectivity index (χ0v) is 12.6. The number of nitrogens with zero attached hydrogens (tertiary/aromatic N) is 1. The van der Waals surface area contributed by atoms with Crippen LogP contribution in [0.3, 0.4) is 0 Å². The first-order chi connectivity index (χ1) is 9.69. The zero-order chi connectivity index (χ0) is 14.4.